The van der Waals surface area contributed by atoms with E-state index in [1.54, 1.807) is 0 Å². The highest BCUT2D eigenvalue weighted by molar-refractivity contribution is 4.53. The Morgan fingerprint density at radius 2 is 1.62 bits per heavy atom. The zero-order chi connectivity index (χ0) is 10.7. The molecule has 0 aliphatic heterocycles. The molecule has 1 heteroatoms. The average molecular weight is 187 g/mol. The van der Waals surface area contributed by atoms with E-state index < -0.39 is 0 Å². The van der Waals surface area contributed by atoms with E-state index in [1.807, 2.05) is 13.8 Å². The Balaban J connectivity index is 0. The highest BCUT2D eigenvalue weighted by atomic mass is 15.0. The molecule has 0 N–H and O–H groups in total. The van der Waals surface area contributed by atoms with E-state index in [0.717, 1.165) is 5.92 Å². The minimum Gasteiger partial charge on any atom is -0.309 e. The normalized spacial score (nSPS) is 12.2. The summed E-state index contributed by atoms with van der Waals surface area (Å²) in [4.78, 5) is 2.26. The average Bonchev–Trinajstić information content (AvgIpc) is 2.08. The first kappa shape index (κ1) is 15.4. The maximum atomic E-state index is 2.36. The lowest BCUT2D eigenvalue weighted by molar-refractivity contribution is 0.365. The maximum absolute atomic E-state index is 2.36. The van der Waals surface area contributed by atoms with Gasteiger partial charge in [-0.25, -0.2) is 0 Å². The zero-order valence-electron chi connectivity index (χ0n) is 10.6. The number of hydrogen-bond acceptors (Lipinski definition) is 1. The van der Waals surface area contributed by atoms with Gasteiger partial charge in [-0.1, -0.05) is 40.5 Å². The van der Waals surface area contributed by atoms with Gasteiger partial charge in [0.05, 0.1) is 0 Å². The smallest absolute Gasteiger partial charge is 0.00247 e. The minimum absolute atomic E-state index is 0.931. The third-order valence-electron chi connectivity index (χ3n) is 2.08. The molecule has 1 nitrogen and oxygen atoms in total. The van der Waals surface area contributed by atoms with Gasteiger partial charge < -0.3 is 4.90 Å². The Kier molecular flexibility index (Phi) is 14.2. The molecule has 0 spiro atoms. The monoisotopic (exact) mass is 187 g/mol. The topological polar surface area (TPSA) is 3.24 Å². The summed E-state index contributed by atoms with van der Waals surface area (Å²) in [5.41, 5.74) is 0. The van der Waals surface area contributed by atoms with Crippen molar-refractivity contribution in [2.45, 2.75) is 53.4 Å². The molecular weight excluding hydrogens is 158 g/mol. The number of rotatable bonds is 6. The molecule has 0 saturated heterocycles. The summed E-state index contributed by atoms with van der Waals surface area (Å²) in [5, 5.41) is 0. The molecule has 0 bridgehead atoms. The van der Waals surface area contributed by atoms with Crippen LogP contribution in [0, 0.1) is 5.92 Å². The maximum Gasteiger partial charge on any atom is -0.00247 e. The zero-order valence-corrected chi connectivity index (χ0v) is 10.6. The van der Waals surface area contributed by atoms with Crippen LogP contribution in [0.5, 0.6) is 0 Å². The Hall–Kier alpha value is -0.0400. The van der Waals surface area contributed by atoms with Crippen molar-refractivity contribution in [3.63, 3.8) is 0 Å². The van der Waals surface area contributed by atoms with E-state index in [9.17, 15) is 0 Å². The van der Waals surface area contributed by atoms with Crippen LogP contribution in [0.4, 0.5) is 0 Å². The fourth-order valence-electron chi connectivity index (χ4n) is 1.39. The second-order valence-corrected chi connectivity index (χ2v) is 3.84. The summed E-state index contributed by atoms with van der Waals surface area (Å²) in [7, 11) is 4.29. The molecule has 0 aliphatic carbocycles. The Labute approximate surface area is 85.5 Å². The van der Waals surface area contributed by atoms with Gasteiger partial charge in [-0.05, 0) is 39.4 Å². The predicted octanol–water partition coefficient (Wildman–Crippen LogP) is 3.79. The van der Waals surface area contributed by atoms with Crippen LogP contribution in [0.15, 0.2) is 0 Å². The minimum atomic E-state index is 0.931. The summed E-state index contributed by atoms with van der Waals surface area (Å²) in [6.45, 7) is 9.87. The first-order valence-corrected chi connectivity index (χ1v) is 5.81. The SMILES string of the molecule is CC.CCC[C@H](C)CCCN(C)C. The second-order valence-electron chi connectivity index (χ2n) is 3.84. The third kappa shape index (κ3) is 14.8. The van der Waals surface area contributed by atoms with Gasteiger partial charge in [0.2, 0.25) is 0 Å². The first-order valence-electron chi connectivity index (χ1n) is 5.81. The molecule has 0 radical (unpaired) electrons. The van der Waals surface area contributed by atoms with Gasteiger partial charge in [0.25, 0.3) is 0 Å². The van der Waals surface area contributed by atoms with Gasteiger partial charge in [0.15, 0.2) is 0 Å². The van der Waals surface area contributed by atoms with Crippen LogP contribution in [0.1, 0.15) is 53.4 Å². The largest absolute Gasteiger partial charge is 0.309 e. The quantitative estimate of drug-likeness (QED) is 0.611. The van der Waals surface area contributed by atoms with Crippen molar-refractivity contribution in [1.82, 2.24) is 4.90 Å². The fraction of sp³-hybridized carbons (Fsp3) is 1.00. The van der Waals surface area contributed by atoms with Crippen molar-refractivity contribution in [3.05, 3.63) is 0 Å². The van der Waals surface area contributed by atoms with Gasteiger partial charge in [-0.15, -0.1) is 0 Å². The van der Waals surface area contributed by atoms with Crippen LogP contribution in [-0.2, 0) is 0 Å². The van der Waals surface area contributed by atoms with Gasteiger partial charge >= 0.3 is 0 Å². The molecule has 13 heavy (non-hydrogen) atoms. The van der Waals surface area contributed by atoms with E-state index in [-0.39, 0.29) is 0 Å². The molecule has 0 rings (SSSR count). The molecule has 0 aliphatic rings. The molecule has 0 aromatic rings. The second kappa shape index (κ2) is 12.0. The molecule has 0 fully saturated rings. The molecule has 82 valence electrons. The van der Waals surface area contributed by atoms with E-state index in [4.69, 9.17) is 0 Å². The summed E-state index contributed by atoms with van der Waals surface area (Å²) in [6, 6.07) is 0. The van der Waals surface area contributed by atoms with Crippen molar-refractivity contribution in [2.75, 3.05) is 20.6 Å². The highest BCUT2D eigenvalue weighted by Crippen LogP contribution is 2.11. The van der Waals surface area contributed by atoms with E-state index >= 15 is 0 Å². The first-order chi connectivity index (χ1) is 6.16. The van der Waals surface area contributed by atoms with Crippen LogP contribution < -0.4 is 0 Å². The molecule has 0 aromatic carbocycles. The number of hydrogen-bond donors (Lipinski definition) is 0. The van der Waals surface area contributed by atoms with Gasteiger partial charge in [0.1, 0.15) is 0 Å². The molecule has 0 amide bonds. The molecule has 0 unspecified atom stereocenters. The van der Waals surface area contributed by atoms with Crippen molar-refractivity contribution < 1.29 is 0 Å². The van der Waals surface area contributed by atoms with Crippen LogP contribution in [-0.4, -0.2) is 25.5 Å². The summed E-state index contributed by atoms with van der Waals surface area (Å²) in [5.74, 6) is 0.931. The summed E-state index contributed by atoms with van der Waals surface area (Å²) < 4.78 is 0. The predicted molar refractivity (Wildman–Crippen MR) is 63.2 cm³/mol. The summed E-state index contributed by atoms with van der Waals surface area (Å²) >= 11 is 0. The Bertz CT molecular complexity index is 79.2. The van der Waals surface area contributed by atoms with E-state index in [1.165, 1.54) is 32.2 Å². The van der Waals surface area contributed by atoms with Gasteiger partial charge in [0, 0.05) is 0 Å². The van der Waals surface area contributed by atoms with E-state index in [2.05, 4.69) is 32.8 Å². The van der Waals surface area contributed by atoms with Crippen molar-refractivity contribution in [1.29, 1.82) is 0 Å². The van der Waals surface area contributed by atoms with Crippen molar-refractivity contribution >= 4 is 0 Å². The molecule has 0 heterocycles. The molecular formula is C12H29N. The lowest BCUT2D eigenvalue weighted by Gasteiger charge is -2.12. The lowest BCUT2D eigenvalue weighted by Crippen LogP contribution is -2.13. The fourth-order valence-corrected chi connectivity index (χ4v) is 1.39. The van der Waals surface area contributed by atoms with Crippen LogP contribution >= 0.6 is 0 Å². The highest BCUT2D eigenvalue weighted by Gasteiger charge is 1.99. The molecule has 0 saturated carbocycles. The Morgan fingerprint density at radius 3 is 2.00 bits per heavy atom. The lowest BCUT2D eigenvalue weighted by atomic mass is 10.0. The van der Waals surface area contributed by atoms with Crippen LogP contribution in [0.25, 0.3) is 0 Å². The van der Waals surface area contributed by atoms with Gasteiger partial charge in [-0.2, -0.15) is 0 Å². The van der Waals surface area contributed by atoms with Crippen molar-refractivity contribution in [3.8, 4) is 0 Å². The number of nitrogens with zero attached hydrogens (tertiary/aromatic N) is 1. The molecule has 1 atom stereocenters. The standard InChI is InChI=1S/C10H23N.C2H6/c1-5-7-10(2)8-6-9-11(3)4;1-2/h10H,5-9H2,1-4H3;1-2H3/t10-;/m0./s1. The molecule has 0 aromatic heterocycles. The van der Waals surface area contributed by atoms with Gasteiger partial charge in [-0.3, -0.25) is 0 Å². The Morgan fingerprint density at radius 1 is 1.08 bits per heavy atom. The summed E-state index contributed by atoms with van der Waals surface area (Å²) in [6.07, 6.45) is 5.48. The van der Waals surface area contributed by atoms with Crippen LogP contribution in [0.3, 0.4) is 0 Å². The van der Waals surface area contributed by atoms with Crippen molar-refractivity contribution in [2.24, 2.45) is 5.92 Å². The van der Waals surface area contributed by atoms with Crippen LogP contribution in [0.2, 0.25) is 0 Å². The van der Waals surface area contributed by atoms with E-state index in [0.29, 0.717) is 0 Å². The third-order valence-corrected chi connectivity index (χ3v) is 2.08.